The summed E-state index contributed by atoms with van der Waals surface area (Å²) in [5.74, 6) is -5.78. The lowest BCUT2D eigenvalue weighted by atomic mass is 9.87. The van der Waals surface area contributed by atoms with Gasteiger partial charge in [-0.15, -0.1) is 10.2 Å². The lowest BCUT2D eigenvalue weighted by molar-refractivity contribution is -0.161. The van der Waals surface area contributed by atoms with Gasteiger partial charge in [-0.1, -0.05) is 110 Å². The fourth-order valence-corrected chi connectivity index (χ4v) is 19.1. The molecule has 0 radical (unpaired) electrons. The number of benzene rings is 5. The number of ether oxygens (including phenoxy) is 1. The summed E-state index contributed by atoms with van der Waals surface area (Å²) in [5, 5.41) is 91.5. The molecule has 792 valence electrons. The number of nitrogens with one attached hydrogen (secondary N) is 7. The van der Waals surface area contributed by atoms with E-state index in [9.17, 15) is 89.2 Å². The van der Waals surface area contributed by atoms with Crippen LogP contribution < -0.4 is 30.9 Å². The molecule has 5 aromatic carbocycles. The Morgan fingerprint density at radius 3 is 1.36 bits per heavy atom. The van der Waals surface area contributed by atoms with E-state index >= 15 is 8.78 Å². The Balaban J connectivity index is 0.000000149. The van der Waals surface area contributed by atoms with E-state index in [0.717, 1.165) is 122 Å². The number of hydrogen-bond donors (Lipinski definition) is 8. The van der Waals surface area contributed by atoms with Gasteiger partial charge in [-0.25, -0.2) is 46.3 Å². The number of carbonyl (C=O) groups is 6. The quantitative estimate of drug-likeness (QED) is 0.0130. The Labute approximate surface area is 860 Å². The van der Waals surface area contributed by atoms with Crippen molar-refractivity contribution in [1.82, 2.24) is 112 Å². The van der Waals surface area contributed by atoms with Crippen molar-refractivity contribution in [2.45, 2.75) is 285 Å². The Hall–Kier alpha value is -12.8. The predicted molar refractivity (Wildman–Crippen MR) is 519 cm³/mol. The number of alkyl halides is 10. The molecule has 1 saturated heterocycles. The number of phenols is 1. The molecule has 0 spiro atoms. The number of piperazine rings is 1. The summed E-state index contributed by atoms with van der Waals surface area (Å²) in [6.45, 7) is 9.24. The van der Waals surface area contributed by atoms with E-state index in [1.165, 1.54) is 49.3 Å². The number of aromatic nitrogens is 17. The number of likely N-dealkylation sites (N-methyl/N-ethyl adjacent to an activating group) is 1. The van der Waals surface area contributed by atoms with E-state index in [4.69, 9.17) is 27.9 Å². The topological polar surface area (TPSA) is 470 Å². The number of phenolic OH excluding ortho intramolecular Hbond substituents is 1. The van der Waals surface area contributed by atoms with Gasteiger partial charge in [0.1, 0.15) is 48.5 Å². The molecular formula is C102H115Cl2F11N26O8. The summed E-state index contributed by atoms with van der Waals surface area (Å²) in [7, 11) is 0. The van der Waals surface area contributed by atoms with Gasteiger partial charge in [0.2, 0.25) is 5.78 Å². The van der Waals surface area contributed by atoms with Crippen LogP contribution in [0.25, 0.3) is 22.8 Å². The van der Waals surface area contributed by atoms with E-state index in [0.29, 0.717) is 91.4 Å². The molecule has 34 nitrogen and oxygen atoms in total. The van der Waals surface area contributed by atoms with Crippen LogP contribution in [0.3, 0.4) is 0 Å². The van der Waals surface area contributed by atoms with Crippen LogP contribution in [0.1, 0.15) is 250 Å². The Kier molecular flexibility index (Phi) is 35.8. The first kappa shape index (κ1) is 110. The average Bonchev–Trinajstić information content (AvgIpc) is 1.76. The van der Waals surface area contributed by atoms with Crippen molar-refractivity contribution < 1.29 is 86.9 Å². The molecule has 8 fully saturated rings. The van der Waals surface area contributed by atoms with Crippen LogP contribution in [-0.4, -0.2) is 218 Å². The fraction of sp³-hybridized carbons (Fsp3) is 0.539. The van der Waals surface area contributed by atoms with E-state index in [-0.39, 0.29) is 137 Å². The Morgan fingerprint density at radius 1 is 0.537 bits per heavy atom. The third-order valence-corrected chi connectivity index (χ3v) is 28.9. The van der Waals surface area contributed by atoms with Gasteiger partial charge >= 0.3 is 12.4 Å². The van der Waals surface area contributed by atoms with Gasteiger partial charge in [-0.2, -0.15) is 57.4 Å². The molecule has 149 heavy (non-hydrogen) atoms. The maximum Gasteiger partial charge on any atom is 0.407 e. The Bertz CT molecular complexity index is 6320. The highest BCUT2D eigenvalue weighted by Gasteiger charge is 2.52. The van der Waals surface area contributed by atoms with Crippen LogP contribution in [0.15, 0.2) is 122 Å². The number of H-pyrrole nitrogens is 3. The molecule has 7 saturated carbocycles. The fourth-order valence-electron chi connectivity index (χ4n) is 18.5. The summed E-state index contributed by atoms with van der Waals surface area (Å²) < 4.78 is 168. The van der Waals surface area contributed by atoms with Crippen LogP contribution in [-0.2, 0) is 54.5 Å². The summed E-state index contributed by atoms with van der Waals surface area (Å²) in [6.07, 6.45) is 4.42. The number of aromatic amines is 3. The zero-order valence-electron chi connectivity index (χ0n) is 82.0. The summed E-state index contributed by atoms with van der Waals surface area (Å²) >= 11 is 12.1. The maximum absolute atomic E-state index is 15.0. The van der Waals surface area contributed by atoms with E-state index < -0.39 is 130 Å². The van der Waals surface area contributed by atoms with Crippen molar-refractivity contribution in [3.05, 3.63) is 183 Å². The molecule has 9 atom stereocenters. The molecule has 47 heteroatoms. The maximum atomic E-state index is 15.0. The zero-order valence-corrected chi connectivity index (χ0v) is 83.5. The lowest BCUT2D eigenvalue weighted by Crippen LogP contribution is -2.47. The minimum atomic E-state index is -4.81. The third-order valence-electron chi connectivity index (χ3n) is 28.4. The highest BCUT2D eigenvalue weighted by atomic mass is 35.5. The normalized spacial score (nSPS) is 18.5. The number of tetrazole rings is 2. The second-order valence-corrected chi connectivity index (χ2v) is 40.9. The molecule has 1 aliphatic heterocycles. The number of Topliss-reactive ketones (excluding diaryl/α,β-unsaturated/α-hetero) is 6. The number of halogens is 13. The highest BCUT2D eigenvalue weighted by molar-refractivity contribution is 6.38. The number of hydrogen-bond acceptors (Lipinski definition) is 29. The molecule has 0 bridgehead atoms. The van der Waals surface area contributed by atoms with Crippen LogP contribution in [0.5, 0.6) is 11.5 Å². The van der Waals surface area contributed by atoms with Crippen molar-refractivity contribution in [2.24, 2.45) is 28.1 Å². The monoisotopic (exact) mass is 2110 g/mol. The van der Waals surface area contributed by atoms with Crippen molar-refractivity contribution in [1.29, 1.82) is 15.8 Å². The van der Waals surface area contributed by atoms with Gasteiger partial charge in [-0.05, 0) is 213 Å². The molecule has 7 aliphatic carbocycles. The van der Waals surface area contributed by atoms with Crippen molar-refractivity contribution in [2.75, 3.05) is 37.6 Å². The molecule has 0 amide bonds. The number of aromatic hydroxyl groups is 1. The molecule has 10 aromatic rings. The van der Waals surface area contributed by atoms with E-state index in [2.05, 4.69) is 133 Å². The number of carbonyl (C=O) groups excluding carboxylic acids is 6. The van der Waals surface area contributed by atoms with Crippen LogP contribution in [0.4, 0.5) is 54.0 Å². The first-order chi connectivity index (χ1) is 71.2. The third kappa shape index (κ3) is 29.9. The standard InChI is InChI=1S/C28H34F2N8O3.C27H26Cl2F2N6O2.C24H30F3N7O.C23H25F4N5O2/c1-2-3-19(26(41)23(40)12-16-4-5-16)13-22(39)21(14-24-31-15-32-34-24)33-25(27(29)30)17-6-8-18(9-7-17)28-35-36-37-38(28)20-10-11-20;1-26(30,31)24(16-2-4-17(5-3-16)25-34-35-36-37(25)18-6-7-18)33-21(22(38)13-27(14-32)8-9-27)12-15-10-19(28)23(39)20(29)11-15;1-2-33-9-11-34(12-10-33)18-5-3-17(4-6-18)22(24(25,26)27)31-19(13-21-29-16-30-32-21)20(35)14-23(15-28)7-8-23;24-16-9-14(5-6-19(16)34-15-3-1-2-4-15)21(23(25,26)27)31-17(10-20-29-13-30-32-20)18(33)11-22(12-28)7-8-22/h6-9,15-16,19-21,25,27,33H,2-5,10-14H2,1H3,(H,31,32,34);2-5,10-11,18,21,24,33,39H,6-9,12-13H2,1H3;3-6,16,19,22,31H,2,7-14H2,1H3,(H,29,30,32);5-6,9,13,15,17,21,31H,1-4,7-8,10-11H2,(H,29,30,32)/t19-,21+,25+;21-,24-;19-,22-;17-,21-/m1000/s1. The van der Waals surface area contributed by atoms with Gasteiger partial charge < -0.3 is 19.6 Å². The number of anilines is 1. The van der Waals surface area contributed by atoms with Crippen LogP contribution in [0.2, 0.25) is 10.0 Å². The van der Waals surface area contributed by atoms with Gasteiger partial charge in [0.15, 0.2) is 57.9 Å². The molecule has 5 aromatic heterocycles. The van der Waals surface area contributed by atoms with Crippen LogP contribution >= 0.6 is 23.2 Å². The molecular weight excluding hydrogens is 2000 g/mol. The van der Waals surface area contributed by atoms with Gasteiger partial charge in [0.25, 0.3) is 12.3 Å². The van der Waals surface area contributed by atoms with Gasteiger partial charge in [0, 0.05) is 107 Å². The summed E-state index contributed by atoms with van der Waals surface area (Å²) in [4.78, 5) is 94.9. The summed E-state index contributed by atoms with van der Waals surface area (Å²) in [6, 6.07) is 20.4. The smallest absolute Gasteiger partial charge is 0.407 e. The number of ketones is 6. The second kappa shape index (κ2) is 48.4. The van der Waals surface area contributed by atoms with Gasteiger partial charge in [0.05, 0.1) is 98.9 Å². The predicted octanol–water partition coefficient (Wildman–Crippen LogP) is 16.8. The molecule has 18 rings (SSSR count). The number of rotatable bonds is 48. The first-order valence-electron chi connectivity index (χ1n) is 50.0. The van der Waals surface area contributed by atoms with Crippen LogP contribution in [0, 0.1) is 67.9 Å². The molecule has 6 heterocycles. The molecule has 8 N–H and O–H groups in total. The molecule has 0 unspecified atom stereocenters. The SMILES string of the molecule is CC(F)(F)[C@@H](N[C@@H](Cc1cc(Cl)c(O)c(Cl)c1)C(=O)CC1(C#N)CC1)c1ccc(-c2nnnn2C2CC2)cc1.CCC[C@H](CC(=O)[C@H](Cc1ncn[nH]1)N[C@@H](c1ccc(-c2nnnn2C2CC2)cc1)C(F)F)C(=O)C(=O)CC1CC1.CCN1CCN(c2ccc([C@H](N[C@@H](Cc3ncn[nH]3)C(=O)CC3(C#N)CC3)C(F)(F)F)cc2)CC1.N#CC1(CC(=O)[C@H](Cc2ncn[nH]2)N[C@@H](c2ccc(OC3CCCC3)c(F)c2)C(F)(F)F)CC1. The minimum absolute atomic E-state index is 0.0130. The second-order valence-electron chi connectivity index (χ2n) is 40.1. The number of nitrogens with zero attached hydrogens (tertiary/aromatic N) is 19. The van der Waals surface area contributed by atoms with E-state index in [1.807, 2.05) is 6.92 Å². The van der Waals surface area contributed by atoms with Gasteiger partial charge in [-0.3, -0.25) is 65.3 Å². The lowest BCUT2D eigenvalue weighted by Gasteiger charge is -2.35. The van der Waals surface area contributed by atoms with Crippen molar-refractivity contribution in [3.8, 4) is 52.5 Å². The largest absolute Gasteiger partial charge is 0.505 e. The van der Waals surface area contributed by atoms with E-state index in [1.54, 1.807) is 70.0 Å². The number of nitriles is 3. The summed E-state index contributed by atoms with van der Waals surface area (Å²) in [5.41, 5.74) is 0.643. The Morgan fingerprint density at radius 2 is 0.960 bits per heavy atom. The minimum Gasteiger partial charge on any atom is -0.505 e. The zero-order chi connectivity index (χ0) is 106. The van der Waals surface area contributed by atoms with Crippen molar-refractivity contribution in [3.63, 3.8) is 0 Å². The first-order valence-corrected chi connectivity index (χ1v) is 50.8. The highest BCUT2D eigenvalue weighted by Crippen LogP contribution is 2.52. The average molecular weight is 2110 g/mol. The molecule has 8 aliphatic rings. The van der Waals surface area contributed by atoms with Crippen molar-refractivity contribution >= 4 is 63.6 Å².